The van der Waals surface area contributed by atoms with Gasteiger partial charge in [-0.25, -0.2) is 4.98 Å². The second kappa shape index (κ2) is 6.49. The average Bonchev–Trinajstić information content (AvgIpc) is 2.65. The van der Waals surface area contributed by atoms with Gasteiger partial charge in [0.1, 0.15) is 0 Å². The van der Waals surface area contributed by atoms with Gasteiger partial charge in [0.25, 0.3) is 0 Å². The summed E-state index contributed by atoms with van der Waals surface area (Å²) in [5.41, 5.74) is 8.73. The van der Waals surface area contributed by atoms with E-state index in [9.17, 15) is 0 Å². The fourth-order valence-electron chi connectivity index (χ4n) is 3.84. The second-order valence-corrected chi connectivity index (χ2v) is 6.94. The van der Waals surface area contributed by atoms with E-state index in [1.165, 1.54) is 33.3 Å². The first-order valence-electron chi connectivity index (χ1n) is 9.08. The molecule has 1 aliphatic heterocycles. The highest BCUT2D eigenvalue weighted by atomic mass is 15.2. The molecule has 0 radical (unpaired) electrons. The van der Waals surface area contributed by atoms with Gasteiger partial charge >= 0.3 is 0 Å². The molecule has 2 heterocycles. The van der Waals surface area contributed by atoms with Crippen molar-refractivity contribution in [3.05, 3.63) is 59.2 Å². The van der Waals surface area contributed by atoms with Gasteiger partial charge in [-0.3, -0.25) is 0 Å². The number of nitrogens with one attached hydrogen (secondary N) is 1. The Hall–Kier alpha value is -2.39. The Kier molecular flexibility index (Phi) is 4.18. The third-order valence-electron chi connectivity index (χ3n) is 5.41. The monoisotopic (exact) mass is 331 g/mol. The Balaban J connectivity index is 2.02. The van der Waals surface area contributed by atoms with E-state index in [4.69, 9.17) is 4.98 Å². The van der Waals surface area contributed by atoms with Crippen molar-refractivity contribution in [1.29, 1.82) is 0 Å². The molecule has 3 aromatic rings. The number of rotatable bonds is 2. The molecule has 0 saturated carbocycles. The molecule has 25 heavy (non-hydrogen) atoms. The van der Waals surface area contributed by atoms with Crippen molar-refractivity contribution in [2.24, 2.45) is 0 Å². The van der Waals surface area contributed by atoms with Crippen LogP contribution in [0.1, 0.15) is 16.7 Å². The Morgan fingerprint density at radius 1 is 0.880 bits per heavy atom. The molecule has 3 heteroatoms. The minimum absolute atomic E-state index is 1.03. The van der Waals surface area contributed by atoms with Gasteiger partial charge in [-0.2, -0.15) is 0 Å². The van der Waals surface area contributed by atoms with Crippen molar-refractivity contribution >= 4 is 16.6 Å². The van der Waals surface area contributed by atoms with Crippen LogP contribution in [0.2, 0.25) is 0 Å². The number of fused-ring (bicyclic) bond motifs is 1. The van der Waals surface area contributed by atoms with E-state index in [-0.39, 0.29) is 0 Å². The topological polar surface area (TPSA) is 28.2 Å². The molecule has 0 unspecified atom stereocenters. The maximum absolute atomic E-state index is 5.12. The summed E-state index contributed by atoms with van der Waals surface area (Å²) in [6.45, 7) is 10.7. The van der Waals surface area contributed by atoms with Crippen LogP contribution in [0.15, 0.2) is 42.5 Å². The highest BCUT2D eigenvalue weighted by Crippen LogP contribution is 2.38. The summed E-state index contributed by atoms with van der Waals surface area (Å²) in [6, 6.07) is 15.0. The molecule has 1 aromatic heterocycles. The number of nitrogens with zero attached hydrogens (tertiary/aromatic N) is 2. The van der Waals surface area contributed by atoms with Crippen LogP contribution in [0, 0.1) is 20.8 Å². The molecule has 4 rings (SSSR count). The molecule has 0 aliphatic carbocycles. The zero-order valence-electron chi connectivity index (χ0n) is 15.3. The number of hydrogen-bond donors (Lipinski definition) is 1. The van der Waals surface area contributed by atoms with E-state index in [0.29, 0.717) is 0 Å². The Labute approximate surface area is 149 Å². The number of para-hydroxylation sites is 1. The van der Waals surface area contributed by atoms with Crippen molar-refractivity contribution in [3.63, 3.8) is 0 Å². The number of aryl methyl sites for hydroxylation is 2. The Morgan fingerprint density at radius 3 is 2.44 bits per heavy atom. The summed E-state index contributed by atoms with van der Waals surface area (Å²) in [4.78, 5) is 7.62. The molecule has 0 spiro atoms. The first-order chi connectivity index (χ1) is 12.2. The fourth-order valence-corrected chi connectivity index (χ4v) is 3.84. The maximum Gasteiger partial charge on any atom is 0.0948 e. The molecule has 1 N–H and O–H groups in total. The van der Waals surface area contributed by atoms with Crippen molar-refractivity contribution in [1.82, 2.24) is 10.3 Å². The fraction of sp³-hybridized carbons (Fsp3) is 0.318. The number of aromatic nitrogens is 1. The zero-order valence-corrected chi connectivity index (χ0v) is 15.3. The lowest BCUT2D eigenvalue weighted by atomic mass is 9.96. The summed E-state index contributed by atoms with van der Waals surface area (Å²) < 4.78 is 0. The first kappa shape index (κ1) is 16.1. The summed E-state index contributed by atoms with van der Waals surface area (Å²) >= 11 is 0. The Bertz CT molecular complexity index is 924. The molecule has 3 nitrogen and oxygen atoms in total. The molecule has 0 amide bonds. The summed E-state index contributed by atoms with van der Waals surface area (Å²) in [5, 5.41) is 4.71. The van der Waals surface area contributed by atoms with Crippen LogP contribution in [0.5, 0.6) is 0 Å². The normalized spacial score (nSPS) is 14.9. The summed E-state index contributed by atoms with van der Waals surface area (Å²) in [5.74, 6) is 0. The SMILES string of the molecule is Cc1cccc(-c2nc3ccccc3c(C)c2N2CCNCC2)c1C. The van der Waals surface area contributed by atoms with Gasteiger partial charge in [-0.1, -0.05) is 36.4 Å². The quantitative estimate of drug-likeness (QED) is 0.761. The van der Waals surface area contributed by atoms with E-state index in [2.05, 4.69) is 73.5 Å². The molecule has 0 atom stereocenters. The van der Waals surface area contributed by atoms with Gasteiger partial charge in [0, 0.05) is 37.1 Å². The van der Waals surface area contributed by atoms with Gasteiger partial charge in [0.15, 0.2) is 0 Å². The lowest BCUT2D eigenvalue weighted by Gasteiger charge is -2.33. The van der Waals surface area contributed by atoms with Crippen LogP contribution in [0.4, 0.5) is 5.69 Å². The van der Waals surface area contributed by atoms with Crippen LogP contribution < -0.4 is 10.2 Å². The highest BCUT2D eigenvalue weighted by Gasteiger charge is 2.21. The van der Waals surface area contributed by atoms with E-state index in [0.717, 1.165) is 37.4 Å². The third kappa shape index (κ3) is 2.79. The standard InChI is InChI=1S/C22H25N3/c1-15-7-6-9-19(16(15)2)21-22(25-13-11-23-12-14-25)17(3)18-8-4-5-10-20(18)24-21/h4-10,23H,11-14H2,1-3H3. The van der Waals surface area contributed by atoms with Gasteiger partial charge in [0.05, 0.1) is 16.9 Å². The Morgan fingerprint density at radius 2 is 1.64 bits per heavy atom. The summed E-state index contributed by atoms with van der Waals surface area (Å²) in [6.07, 6.45) is 0. The zero-order chi connectivity index (χ0) is 17.4. The van der Waals surface area contributed by atoms with Gasteiger partial charge < -0.3 is 10.2 Å². The van der Waals surface area contributed by atoms with E-state index < -0.39 is 0 Å². The summed E-state index contributed by atoms with van der Waals surface area (Å²) in [7, 11) is 0. The number of piperazine rings is 1. The van der Waals surface area contributed by atoms with Crippen molar-refractivity contribution in [2.45, 2.75) is 20.8 Å². The molecular weight excluding hydrogens is 306 g/mol. The first-order valence-corrected chi connectivity index (χ1v) is 9.08. The molecule has 1 aliphatic rings. The van der Waals surface area contributed by atoms with Crippen molar-refractivity contribution in [2.75, 3.05) is 31.1 Å². The van der Waals surface area contributed by atoms with Crippen molar-refractivity contribution < 1.29 is 0 Å². The van der Waals surface area contributed by atoms with Gasteiger partial charge in [-0.15, -0.1) is 0 Å². The van der Waals surface area contributed by atoms with Crippen LogP contribution in [0.3, 0.4) is 0 Å². The lowest BCUT2D eigenvalue weighted by molar-refractivity contribution is 0.588. The maximum atomic E-state index is 5.12. The number of hydrogen-bond acceptors (Lipinski definition) is 3. The largest absolute Gasteiger partial charge is 0.367 e. The minimum Gasteiger partial charge on any atom is -0.367 e. The molecule has 128 valence electrons. The molecule has 2 aromatic carbocycles. The van der Waals surface area contributed by atoms with Crippen LogP contribution in [-0.4, -0.2) is 31.2 Å². The van der Waals surface area contributed by atoms with Crippen molar-refractivity contribution in [3.8, 4) is 11.3 Å². The highest BCUT2D eigenvalue weighted by molar-refractivity contribution is 5.94. The lowest BCUT2D eigenvalue weighted by Crippen LogP contribution is -2.44. The van der Waals surface area contributed by atoms with Crippen LogP contribution in [0.25, 0.3) is 22.2 Å². The number of anilines is 1. The smallest absolute Gasteiger partial charge is 0.0948 e. The van der Waals surface area contributed by atoms with Gasteiger partial charge in [0.2, 0.25) is 0 Å². The molecule has 1 saturated heterocycles. The average molecular weight is 331 g/mol. The third-order valence-corrected chi connectivity index (χ3v) is 5.41. The van der Waals surface area contributed by atoms with Crippen LogP contribution >= 0.6 is 0 Å². The second-order valence-electron chi connectivity index (χ2n) is 6.94. The predicted octanol–water partition coefficient (Wildman–Crippen LogP) is 4.24. The molecular formula is C22H25N3. The minimum atomic E-state index is 1.03. The van der Waals surface area contributed by atoms with E-state index >= 15 is 0 Å². The number of pyridine rings is 1. The molecule has 1 fully saturated rings. The van der Waals surface area contributed by atoms with Crippen LogP contribution in [-0.2, 0) is 0 Å². The number of benzene rings is 2. The molecule has 0 bridgehead atoms. The predicted molar refractivity (Wildman–Crippen MR) is 106 cm³/mol. The van der Waals surface area contributed by atoms with E-state index in [1.807, 2.05) is 0 Å². The van der Waals surface area contributed by atoms with Gasteiger partial charge in [-0.05, 0) is 43.5 Å². The van der Waals surface area contributed by atoms with E-state index in [1.54, 1.807) is 0 Å².